The van der Waals surface area contributed by atoms with E-state index in [-0.39, 0.29) is 5.60 Å². The Kier molecular flexibility index (Phi) is 3.57. The van der Waals surface area contributed by atoms with Gasteiger partial charge in [0.2, 0.25) is 0 Å². The van der Waals surface area contributed by atoms with Crippen molar-refractivity contribution in [2.45, 2.75) is 63.8 Å². The van der Waals surface area contributed by atoms with Crippen LogP contribution in [0.15, 0.2) is 0 Å². The fourth-order valence-corrected chi connectivity index (χ4v) is 3.33. The van der Waals surface area contributed by atoms with Gasteiger partial charge in [-0.25, -0.2) is 0 Å². The Morgan fingerprint density at radius 3 is 2.62 bits per heavy atom. The molecule has 1 saturated heterocycles. The molecule has 0 spiro atoms. The third kappa shape index (κ3) is 2.76. The van der Waals surface area contributed by atoms with Gasteiger partial charge in [-0.2, -0.15) is 0 Å². The molecule has 3 atom stereocenters. The van der Waals surface area contributed by atoms with E-state index in [1.54, 1.807) is 0 Å². The Morgan fingerprint density at radius 2 is 2.06 bits per heavy atom. The molecule has 2 fully saturated rings. The highest BCUT2D eigenvalue weighted by molar-refractivity contribution is 4.91. The number of morpholine rings is 1. The first-order valence-corrected chi connectivity index (χ1v) is 6.59. The summed E-state index contributed by atoms with van der Waals surface area (Å²) in [4.78, 5) is 2.64. The Balaban J connectivity index is 1.94. The lowest BCUT2D eigenvalue weighted by Crippen LogP contribution is -2.54. The molecular formula is C13H26N2O. The minimum absolute atomic E-state index is 0.0232. The maximum atomic E-state index is 5.96. The van der Waals surface area contributed by atoms with Crippen LogP contribution in [0.1, 0.15) is 40.0 Å². The predicted octanol–water partition coefficient (Wildman–Crippen LogP) is 1.63. The van der Waals surface area contributed by atoms with Crippen molar-refractivity contribution < 1.29 is 4.74 Å². The van der Waals surface area contributed by atoms with Crippen molar-refractivity contribution in [2.75, 3.05) is 20.1 Å². The lowest BCUT2D eigenvalue weighted by atomic mass is 10.0. The van der Waals surface area contributed by atoms with Gasteiger partial charge in [0, 0.05) is 25.2 Å². The molecule has 3 nitrogen and oxygen atoms in total. The first-order chi connectivity index (χ1) is 7.50. The average Bonchev–Trinajstić information content (AvgIpc) is 2.62. The van der Waals surface area contributed by atoms with Gasteiger partial charge in [0.05, 0.1) is 11.7 Å². The quantitative estimate of drug-likeness (QED) is 0.774. The van der Waals surface area contributed by atoms with Crippen molar-refractivity contribution in [1.29, 1.82) is 0 Å². The molecular weight excluding hydrogens is 200 g/mol. The van der Waals surface area contributed by atoms with Crippen LogP contribution < -0.4 is 5.32 Å². The minimum Gasteiger partial charge on any atom is -0.370 e. The molecule has 1 aliphatic carbocycles. The molecule has 1 aliphatic heterocycles. The van der Waals surface area contributed by atoms with Gasteiger partial charge in [0.25, 0.3) is 0 Å². The van der Waals surface area contributed by atoms with Crippen LogP contribution in [0.3, 0.4) is 0 Å². The lowest BCUT2D eigenvalue weighted by Gasteiger charge is -2.44. The van der Waals surface area contributed by atoms with Crippen molar-refractivity contribution in [3.8, 4) is 0 Å². The van der Waals surface area contributed by atoms with Crippen molar-refractivity contribution in [2.24, 2.45) is 0 Å². The standard InChI is InChI=1S/C13H26N2O/c1-10-8-15(9-13(2,3)16-10)12-6-5-11(7-12)14-4/h10-12,14H,5-9H2,1-4H3. The molecule has 0 aromatic carbocycles. The van der Waals surface area contributed by atoms with Crippen molar-refractivity contribution >= 4 is 0 Å². The molecule has 3 unspecified atom stereocenters. The van der Waals surface area contributed by atoms with Gasteiger partial charge in [0.15, 0.2) is 0 Å². The highest BCUT2D eigenvalue weighted by atomic mass is 16.5. The number of hydrogen-bond acceptors (Lipinski definition) is 3. The highest BCUT2D eigenvalue weighted by Crippen LogP contribution is 2.29. The van der Waals surface area contributed by atoms with Gasteiger partial charge in [-0.3, -0.25) is 4.90 Å². The second-order valence-corrected chi connectivity index (χ2v) is 6.07. The normalized spacial score (nSPS) is 40.1. The molecule has 1 saturated carbocycles. The van der Waals surface area contributed by atoms with E-state index in [4.69, 9.17) is 4.74 Å². The molecule has 0 amide bonds. The summed E-state index contributed by atoms with van der Waals surface area (Å²) < 4.78 is 5.96. The van der Waals surface area contributed by atoms with Crippen molar-refractivity contribution in [3.63, 3.8) is 0 Å². The Hall–Kier alpha value is -0.120. The van der Waals surface area contributed by atoms with Crippen LogP contribution in [0.4, 0.5) is 0 Å². The maximum Gasteiger partial charge on any atom is 0.0757 e. The monoisotopic (exact) mass is 226 g/mol. The van der Waals surface area contributed by atoms with Crippen LogP contribution in [0.2, 0.25) is 0 Å². The average molecular weight is 226 g/mol. The second-order valence-electron chi connectivity index (χ2n) is 6.07. The summed E-state index contributed by atoms with van der Waals surface area (Å²) in [7, 11) is 2.08. The summed E-state index contributed by atoms with van der Waals surface area (Å²) in [5, 5.41) is 3.41. The molecule has 1 N–H and O–H groups in total. The van der Waals surface area contributed by atoms with Crippen LogP contribution >= 0.6 is 0 Å². The zero-order valence-corrected chi connectivity index (χ0v) is 11.1. The molecule has 3 heteroatoms. The molecule has 0 aromatic rings. The number of rotatable bonds is 2. The van der Waals surface area contributed by atoms with Gasteiger partial charge in [-0.1, -0.05) is 0 Å². The van der Waals surface area contributed by atoms with E-state index in [2.05, 4.69) is 38.0 Å². The van der Waals surface area contributed by atoms with Gasteiger partial charge in [0.1, 0.15) is 0 Å². The topological polar surface area (TPSA) is 24.5 Å². The summed E-state index contributed by atoms with van der Waals surface area (Å²) >= 11 is 0. The zero-order valence-electron chi connectivity index (χ0n) is 11.1. The number of ether oxygens (including phenoxy) is 1. The van der Waals surface area contributed by atoms with Crippen molar-refractivity contribution in [1.82, 2.24) is 10.2 Å². The summed E-state index contributed by atoms with van der Waals surface area (Å²) in [5.74, 6) is 0. The number of nitrogens with one attached hydrogen (secondary N) is 1. The SMILES string of the molecule is CNC1CCC(N2CC(C)OC(C)(C)C2)C1. The largest absolute Gasteiger partial charge is 0.370 e. The molecule has 0 aromatic heterocycles. The van der Waals surface area contributed by atoms with Gasteiger partial charge in [-0.15, -0.1) is 0 Å². The third-order valence-electron chi connectivity index (χ3n) is 3.93. The first kappa shape index (κ1) is 12.3. The molecule has 2 aliphatic rings. The molecule has 2 rings (SSSR count). The van der Waals surface area contributed by atoms with Gasteiger partial charge < -0.3 is 10.1 Å². The first-order valence-electron chi connectivity index (χ1n) is 6.59. The van der Waals surface area contributed by atoms with E-state index in [1.165, 1.54) is 19.3 Å². The van der Waals surface area contributed by atoms with E-state index >= 15 is 0 Å². The van der Waals surface area contributed by atoms with E-state index in [0.29, 0.717) is 6.10 Å². The lowest BCUT2D eigenvalue weighted by molar-refractivity contribution is -0.137. The van der Waals surface area contributed by atoms with E-state index in [0.717, 1.165) is 25.2 Å². The number of nitrogens with zero attached hydrogens (tertiary/aromatic N) is 1. The van der Waals surface area contributed by atoms with Crippen LogP contribution in [0.5, 0.6) is 0 Å². The molecule has 0 bridgehead atoms. The predicted molar refractivity (Wildman–Crippen MR) is 66.7 cm³/mol. The molecule has 0 radical (unpaired) electrons. The summed E-state index contributed by atoms with van der Waals surface area (Å²) in [6, 6.07) is 1.49. The zero-order chi connectivity index (χ0) is 11.8. The van der Waals surface area contributed by atoms with Gasteiger partial charge >= 0.3 is 0 Å². The van der Waals surface area contributed by atoms with Crippen LogP contribution in [-0.4, -0.2) is 48.8 Å². The van der Waals surface area contributed by atoms with Gasteiger partial charge in [-0.05, 0) is 47.1 Å². The number of hydrogen-bond donors (Lipinski definition) is 1. The van der Waals surface area contributed by atoms with E-state index in [1.807, 2.05) is 0 Å². The highest BCUT2D eigenvalue weighted by Gasteiger charge is 2.37. The Labute approximate surface area is 99.5 Å². The van der Waals surface area contributed by atoms with Crippen LogP contribution in [0.25, 0.3) is 0 Å². The fourth-order valence-electron chi connectivity index (χ4n) is 3.33. The van der Waals surface area contributed by atoms with Crippen LogP contribution in [-0.2, 0) is 4.74 Å². The Bertz CT molecular complexity index is 242. The summed E-state index contributed by atoms with van der Waals surface area (Å²) in [6.07, 6.45) is 4.35. The summed E-state index contributed by atoms with van der Waals surface area (Å²) in [5.41, 5.74) is 0.0232. The Morgan fingerprint density at radius 1 is 1.31 bits per heavy atom. The second kappa shape index (κ2) is 4.63. The smallest absolute Gasteiger partial charge is 0.0757 e. The summed E-state index contributed by atoms with van der Waals surface area (Å²) in [6.45, 7) is 8.79. The minimum atomic E-state index is 0.0232. The van der Waals surface area contributed by atoms with Crippen LogP contribution in [0, 0.1) is 0 Å². The maximum absolute atomic E-state index is 5.96. The molecule has 16 heavy (non-hydrogen) atoms. The molecule has 94 valence electrons. The van der Waals surface area contributed by atoms with E-state index < -0.39 is 0 Å². The van der Waals surface area contributed by atoms with E-state index in [9.17, 15) is 0 Å². The third-order valence-corrected chi connectivity index (χ3v) is 3.93. The fraction of sp³-hybridized carbons (Fsp3) is 1.00. The molecule has 1 heterocycles. The van der Waals surface area contributed by atoms with Crippen molar-refractivity contribution in [3.05, 3.63) is 0 Å².